The van der Waals surface area contributed by atoms with E-state index in [-0.39, 0.29) is 0 Å². The first-order valence-corrected chi connectivity index (χ1v) is 6.28. The summed E-state index contributed by atoms with van der Waals surface area (Å²) >= 11 is 2.03. The Morgan fingerprint density at radius 3 is 2.50 bits per heavy atom. The number of hydrogen-bond acceptors (Lipinski definition) is 2. The Labute approximate surface area is 91.1 Å². The third-order valence-electron chi connectivity index (χ3n) is 2.24. The van der Waals surface area contributed by atoms with E-state index < -0.39 is 0 Å². The lowest BCUT2D eigenvalue weighted by atomic mass is 10.3. The summed E-state index contributed by atoms with van der Waals surface area (Å²) in [4.78, 5) is 6.56. The molecule has 1 aliphatic rings. The van der Waals surface area contributed by atoms with Gasteiger partial charge in [-0.05, 0) is 6.42 Å². The van der Waals surface area contributed by atoms with Gasteiger partial charge in [0, 0.05) is 30.1 Å². The first-order valence-electron chi connectivity index (χ1n) is 5.33. The van der Waals surface area contributed by atoms with Crippen LogP contribution in [-0.2, 0) is 0 Å². The molecule has 0 radical (unpaired) electrons. The summed E-state index contributed by atoms with van der Waals surface area (Å²) in [7, 11) is 0. The Balaban J connectivity index is 2.50. The van der Waals surface area contributed by atoms with Crippen molar-refractivity contribution < 1.29 is 0 Å². The molecule has 82 valence electrons. The fraction of sp³-hybridized carbons (Fsp3) is 0.900. The van der Waals surface area contributed by atoms with Crippen molar-refractivity contribution in [1.29, 1.82) is 0 Å². The van der Waals surface area contributed by atoms with Gasteiger partial charge in [0.1, 0.15) is 0 Å². The number of nitrogens with zero attached hydrogens (tertiary/aromatic N) is 2. The summed E-state index contributed by atoms with van der Waals surface area (Å²) in [5, 5.41) is 1.32. The minimum atomic E-state index is 0.661. The SMILES string of the molecule is CCCN=C(N)N1CC(C)SC(C)C1. The summed E-state index contributed by atoms with van der Waals surface area (Å²) in [6, 6.07) is 0. The van der Waals surface area contributed by atoms with Crippen LogP contribution in [0.4, 0.5) is 0 Å². The molecule has 2 unspecified atom stereocenters. The average molecular weight is 215 g/mol. The molecule has 4 heteroatoms. The van der Waals surface area contributed by atoms with Gasteiger partial charge >= 0.3 is 0 Å². The Morgan fingerprint density at radius 2 is 2.00 bits per heavy atom. The molecular formula is C10H21N3S. The molecule has 0 aromatic carbocycles. The molecule has 0 saturated carbocycles. The number of guanidine groups is 1. The molecule has 3 nitrogen and oxygen atoms in total. The largest absolute Gasteiger partial charge is 0.370 e. The van der Waals surface area contributed by atoms with E-state index in [1.165, 1.54) is 0 Å². The van der Waals surface area contributed by atoms with Crippen LogP contribution in [0.2, 0.25) is 0 Å². The summed E-state index contributed by atoms with van der Waals surface area (Å²) in [6.07, 6.45) is 1.06. The first kappa shape index (κ1) is 11.7. The number of rotatable bonds is 2. The third kappa shape index (κ3) is 3.40. The van der Waals surface area contributed by atoms with E-state index in [0.717, 1.165) is 32.0 Å². The van der Waals surface area contributed by atoms with E-state index >= 15 is 0 Å². The number of nitrogens with two attached hydrogens (primary N) is 1. The highest BCUT2D eigenvalue weighted by molar-refractivity contribution is 8.00. The van der Waals surface area contributed by atoms with Crippen LogP contribution in [0.1, 0.15) is 27.2 Å². The number of thioether (sulfide) groups is 1. The molecule has 1 fully saturated rings. The second-order valence-electron chi connectivity index (χ2n) is 3.90. The molecule has 1 heterocycles. The molecule has 0 amide bonds. The van der Waals surface area contributed by atoms with Crippen molar-refractivity contribution in [3.05, 3.63) is 0 Å². The van der Waals surface area contributed by atoms with Crippen molar-refractivity contribution in [3.63, 3.8) is 0 Å². The zero-order chi connectivity index (χ0) is 10.6. The molecule has 0 spiro atoms. The molecule has 0 bridgehead atoms. The first-order chi connectivity index (χ1) is 6.63. The lowest BCUT2D eigenvalue weighted by Crippen LogP contribution is -2.47. The second kappa shape index (κ2) is 5.49. The highest BCUT2D eigenvalue weighted by Crippen LogP contribution is 2.24. The lowest BCUT2D eigenvalue weighted by molar-refractivity contribution is 0.404. The fourth-order valence-corrected chi connectivity index (χ4v) is 3.02. The number of hydrogen-bond donors (Lipinski definition) is 1. The van der Waals surface area contributed by atoms with Crippen LogP contribution in [0.15, 0.2) is 4.99 Å². The standard InChI is InChI=1S/C10H21N3S/c1-4-5-12-10(11)13-6-8(2)14-9(3)7-13/h8-9H,4-7H2,1-3H3,(H2,11,12). The zero-order valence-corrected chi connectivity index (χ0v) is 10.2. The van der Waals surface area contributed by atoms with Crippen molar-refractivity contribution >= 4 is 17.7 Å². The molecule has 0 aromatic rings. The Bertz CT molecular complexity index is 196. The summed E-state index contributed by atoms with van der Waals surface area (Å²) in [5.74, 6) is 0.728. The Kier molecular flexibility index (Phi) is 4.58. The van der Waals surface area contributed by atoms with E-state index in [4.69, 9.17) is 5.73 Å². The van der Waals surface area contributed by atoms with Crippen LogP contribution in [0.25, 0.3) is 0 Å². The van der Waals surface area contributed by atoms with Gasteiger partial charge in [-0.25, -0.2) is 0 Å². The molecule has 1 saturated heterocycles. The fourth-order valence-electron chi connectivity index (χ4n) is 1.69. The van der Waals surface area contributed by atoms with Gasteiger partial charge in [0.15, 0.2) is 5.96 Å². The number of aliphatic imine (C=N–C) groups is 1. The minimum Gasteiger partial charge on any atom is -0.370 e. The van der Waals surface area contributed by atoms with Crippen LogP contribution in [0.5, 0.6) is 0 Å². The van der Waals surface area contributed by atoms with Crippen LogP contribution in [0, 0.1) is 0 Å². The molecule has 2 N–H and O–H groups in total. The smallest absolute Gasteiger partial charge is 0.191 e. The summed E-state index contributed by atoms with van der Waals surface area (Å²) in [5.41, 5.74) is 5.93. The Hall–Kier alpha value is -0.380. The van der Waals surface area contributed by atoms with Gasteiger partial charge in [-0.3, -0.25) is 4.99 Å². The molecule has 0 aromatic heterocycles. The summed E-state index contributed by atoms with van der Waals surface area (Å²) in [6.45, 7) is 9.54. The maximum atomic E-state index is 5.93. The average Bonchev–Trinajstić information content (AvgIpc) is 2.12. The van der Waals surface area contributed by atoms with Crippen LogP contribution < -0.4 is 5.73 Å². The highest BCUT2D eigenvalue weighted by Gasteiger charge is 2.23. The maximum Gasteiger partial charge on any atom is 0.191 e. The molecule has 1 rings (SSSR count). The molecule has 14 heavy (non-hydrogen) atoms. The van der Waals surface area contributed by atoms with Crippen molar-refractivity contribution in [2.45, 2.75) is 37.7 Å². The third-order valence-corrected chi connectivity index (χ3v) is 3.47. The van der Waals surface area contributed by atoms with E-state index in [2.05, 4.69) is 30.7 Å². The van der Waals surface area contributed by atoms with Crippen molar-refractivity contribution in [1.82, 2.24) is 4.90 Å². The van der Waals surface area contributed by atoms with Gasteiger partial charge in [0.25, 0.3) is 0 Å². The zero-order valence-electron chi connectivity index (χ0n) is 9.36. The molecular weight excluding hydrogens is 194 g/mol. The van der Waals surface area contributed by atoms with Crippen LogP contribution in [0.3, 0.4) is 0 Å². The quantitative estimate of drug-likeness (QED) is 0.561. The monoisotopic (exact) mass is 215 g/mol. The Morgan fingerprint density at radius 1 is 1.43 bits per heavy atom. The topological polar surface area (TPSA) is 41.6 Å². The van der Waals surface area contributed by atoms with E-state index in [1.54, 1.807) is 0 Å². The molecule has 2 atom stereocenters. The highest BCUT2D eigenvalue weighted by atomic mass is 32.2. The normalized spacial score (nSPS) is 29.4. The van der Waals surface area contributed by atoms with Gasteiger partial charge < -0.3 is 10.6 Å². The van der Waals surface area contributed by atoms with Gasteiger partial charge in [-0.2, -0.15) is 11.8 Å². The predicted molar refractivity (Wildman–Crippen MR) is 64.9 cm³/mol. The van der Waals surface area contributed by atoms with Crippen molar-refractivity contribution in [2.24, 2.45) is 10.7 Å². The van der Waals surface area contributed by atoms with Gasteiger partial charge in [0.2, 0.25) is 0 Å². The van der Waals surface area contributed by atoms with Gasteiger partial charge in [0.05, 0.1) is 0 Å². The minimum absolute atomic E-state index is 0.661. The van der Waals surface area contributed by atoms with Gasteiger partial charge in [-0.15, -0.1) is 0 Å². The van der Waals surface area contributed by atoms with E-state index in [9.17, 15) is 0 Å². The van der Waals surface area contributed by atoms with Crippen LogP contribution in [-0.4, -0.2) is 41.0 Å². The van der Waals surface area contributed by atoms with Crippen molar-refractivity contribution in [2.75, 3.05) is 19.6 Å². The van der Waals surface area contributed by atoms with Crippen LogP contribution >= 0.6 is 11.8 Å². The molecule has 1 aliphatic heterocycles. The molecule has 0 aliphatic carbocycles. The van der Waals surface area contributed by atoms with E-state index in [0.29, 0.717) is 10.5 Å². The second-order valence-corrected chi connectivity index (χ2v) is 5.78. The summed E-state index contributed by atoms with van der Waals surface area (Å²) < 4.78 is 0. The van der Waals surface area contributed by atoms with Gasteiger partial charge in [-0.1, -0.05) is 20.8 Å². The van der Waals surface area contributed by atoms with E-state index in [1.807, 2.05) is 11.8 Å². The predicted octanol–water partition coefficient (Wildman–Crippen LogP) is 1.54. The van der Waals surface area contributed by atoms with Crippen molar-refractivity contribution in [3.8, 4) is 0 Å². The lowest BCUT2D eigenvalue weighted by Gasteiger charge is -2.35. The maximum absolute atomic E-state index is 5.93.